The summed E-state index contributed by atoms with van der Waals surface area (Å²) in [5.41, 5.74) is 0. The Morgan fingerprint density at radius 1 is 0.625 bits per heavy atom. The predicted octanol–water partition coefficient (Wildman–Crippen LogP) is 3.64. The van der Waals surface area contributed by atoms with Crippen molar-refractivity contribution in [3.8, 4) is 0 Å². The van der Waals surface area contributed by atoms with Gasteiger partial charge in [0.15, 0.2) is 0 Å². The van der Waals surface area contributed by atoms with E-state index < -0.39 is 41.6 Å². The summed E-state index contributed by atoms with van der Waals surface area (Å²) in [4.78, 5) is 0. The van der Waals surface area contributed by atoms with Crippen LogP contribution in [0.3, 0.4) is 0 Å². The zero-order chi connectivity index (χ0) is 14.3. The molecule has 16 heavy (non-hydrogen) atoms. The summed E-state index contributed by atoms with van der Waals surface area (Å²) >= 11 is -3.83. The Hall–Kier alpha value is 3.09. The van der Waals surface area contributed by atoms with Gasteiger partial charge in [0.2, 0.25) is 0 Å². The monoisotopic (exact) mass is 424 g/mol. The van der Waals surface area contributed by atoms with Gasteiger partial charge in [0.1, 0.15) is 0 Å². The summed E-state index contributed by atoms with van der Waals surface area (Å²) in [6, 6.07) is 0. The molecule has 0 heterocycles. The number of hydrogen-bond acceptors (Lipinski definition) is 2. The van der Waals surface area contributed by atoms with Crippen molar-refractivity contribution in [3.63, 3.8) is 0 Å². The van der Waals surface area contributed by atoms with Gasteiger partial charge in [-0.2, -0.15) is 0 Å². The third-order valence-corrected chi connectivity index (χ3v) is 0. The van der Waals surface area contributed by atoms with Gasteiger partial charge in [0, 0.05) is 0 Å². The Kier molecular flexibility index (Phi) is 39.8. The quantitative estimate of drug-likeness (QED) is 0.555. The minimum atomic E-state index is -1.92. The van der Waals surface area contributed by atoms with Crippen LogP contribution in [0.1, 0.15) is 27.7 Å². The number of halogens is 6. The van der Waals surface area contributed by atoms with Gasteiger partial charge in [-0.25, -0.2) is 0 Å². The van der Waals surface area contributed by atoms with Crippen LogP contribution in [0.15, 0.2) is 0 Å². The van der Waals surface area contributed by atoms with Gasteiger partial charge in [0.25, 0.3) is 0 Å². The molecule has 0 amide bonds. The van der Waals surface area contributed by atoms with E-state index in [2.05, 4.69) is 0 Å². The van der Waals surface area contributed by atoms with Crippen molar-refractivity contribution in [3.05, 3.63) is 0 Å². The van der Waals surface area contributed by atoms with Crippen molar-refractivity contribution in [2.45, 2.75) is 39.9 Å². The maximum atomic E-state index is 9.53. The van der Waals surface area contributed by atoms with Crippen LogP contribution in [-0.4, -0.2) is 12.2 Å². The molecule has 0 rings (SSSR count). The van der Waals surface area contributed by atoms with E-state index in [1.165, 1.54) is 0 Å². The first-order chi connectivity index (χ1) is 6.93. The molecule has 0 aliphatic heterocycles. The van der Waals surface area contributed by atoms with E-state index in [0.29, 0.717) is 0 Å². The van der Waals surface area contributed by atoms with E-state index in [4.69, 9.17) is 55.8 Å². The van der Waals surface area contributed by atoms with Gasteiger partial charge < -0.3 is 10.2 Å². The van der Waals surface area contributed by atoms with E-state index in [9.17, 15) is 10.2 Å². The number of rotatable bonds is 0. The van der Waals surface area contributed by atoms with Crippen LogP contribution in [0.2, 0.25) is 0 Å². The number of hydrogen-bond donors (Lipinski definition) is 0. The average molecular weight is 427 g/mol. The normalized spacial score (nSPS) is 7.88. The second-order valence-corrected chi connectivity index (χ2v) is 18.0. The Balaban J connectivity index is -0.0000000600. The Morgan fingerprint density at radius 2 is 0.625 bits per heavy atom. The van der Waals surface area contributed by atoms with E-state index in [1.807, 2.05) is 0 Å². The SMILES string of the molecule is CC(C)[O-].CC(C)[O-].[Cl][Ti]([Cl])[Cl].[Cl][Ti]([Cl])[Cl]. The summed E-state index contributed by atoms with van der Waals surface area (Å²) in [6.07, 6.45) is -0.833. The minimum absolute atomic E-state index is 0.417. The van der Waals surface area contributed by atoms with Gasteiger partial charge in [-0.05, 0) is 0 Å². The van der Waals surface area contributed by atoms with Crippen LogP contribution in [0.25, 0.3) is 0 Å². The van der Waals surface area contributed by atoms with Gasteiger partial charge in [-0.15, -0.1) is 12.2 Å². The summed E-state index contributed by atoms with van der Waals surface area (Å²) in [7, 11) is 29.8. The zero-order valence-corrected chi connectivity index (χ0v) is 16.9. The molecule has 0 bridgehead atoms. The molecule has 0 saturated heterocycles. The molecule has 2 nitrogen and oxygen atoms in total. The molecule has 0 aliphatic carbocycles. The topological polar surface area (TPSA) is 46.1 Å². The third-order valence-electron chi connectivity index (χ3n) is 0. The first-order valence-corrected chi connectivity index (χ1v) is 16.8. The summed E-state index contributed by atoms with van der Waals surface area (Å²) in [6.45, 7) is 6.44. The molecule has 0 aliphatic rings. The standard InChI is InChI=1S/2C3H7O.6ClH.2Ti/c2*1-3(2)4;;;;;;;;/h2*3H,1-2H3;6*1H;;/q2*-1;;;;;;;2*+3/p-6. The van der Waals surface area contributed by atoms with Crippen molar-refractivity contribution in [2.75, 3.05) is 0 Å². The van der Waals surface area contributed by atoms with Crippen molar-refractivity contribution in [1.29, 1.82) is 0 Å². The van der Waals surface area contributed by atoms with Gasteiger partial charge in [0.05, 0.1) is 0 Å². The fourth-order valence-electron chi connectivity index (χ4n) is 0. The summed E-state index contributed by atoms with van der Waals surface area (Å²) < 4.78 is 0. The molecule has 102 valence electrons. The van der Waals surface area contributed by atoms with Crippen LogP contribution in [0.5, 0.6) is 0 Å². The first-order valence-electron chi connectivity index (χ1n) is 3.91. The fraction of sp³-hybridized carbons (Fsp3) is 1.00. The van der Waals surface area contributed by atoms with Crippen molar-refractivity contribution in [2.24, 2.45) is 0 Å². The molecule has 0 aromatic heterocycles. The third kappa shape index (κ3) is 464. The van der Waals surface area contributed by atoms with Crippen LogP contribution in [0.4, 0.5) is 0 Å². The Bertz CT molecular complexity index is 72.0. The molecule has 0 N–H and O–H groups in total. The summed E-state index contributed by atoms with van der Waals surface area (Å²) in [5.74, 6) is 0. The molecule has 0 unspecified atom stereocenters. The van der Waals surface area contributed by atoms with Gasteiger partial charge in [-0.1, -0.05) is 27.7 Å². The molecular weight excluding hydrogens is 413 g/mol. The van der Waals surface area contributed by atoms with Crippen LogP contribution in [-0.2, 0) is 29.4 Å². The summed E-state index contributed by atoms with van der Waals surface area (Å²) in [5, 5.41) is 19.1. The van der Waals surface area contributed by atoms with Gasteiger partial charge >= 0.3 is 85.2 Å². The zero-order valence-electron chi connectivity index (χ0n) is 9.24. The molecule has 0 fully saturated rings. The molecule has 0 atom stereocenters. The van der Waals surface area contributed by atoms with E-state index >= 15 is 0 Å². The van der Waals surface area contributed by atoms with Crippen LogP contribution in [0, 0.1) is 0 Å². The second kappa shape index (κ2) is 23.2. The molecule has 10 heteroatoms. The molecule has 0 aromatic rings. The molecular formula is C6H14Cl6O2Ti2-2. The second-order valence-electron chi connectivity index (χ2n) is 2.53. The fourth-order valence-corrected chi connectivity index (χ4v) is 0. The first kappa shape index (κ1) is 27.4. The molecule has 0 aromatic carbocycles. The van der Waals surface area contributed by atoms with Crippen molar-refractivity contribution in [1.82, 2.24) is 0 Å². The Labute approximate surface area is 133 Å². The predicted molar refractivity (Wildman–Crippen MR) is 65.4 cm³/mol. The van der Waals surface area contributed by atoms with E-state index in [1.54, 1.807) is 27.7 Å². The molecule has 0 radical (unpaired) electrons. The van der Waals surface area contributed by atoms with Crippen molar-refractivity contribution < 1.29 is 39.6 Å². The van der Waals surface area contributed by atoms with Gasteiger partial charge in [-0.3, -0.25) is 0 Å². The molecule has 0 spiro atoms. The average Bonchev–Trinajstić information content (AvgIpc) is 1.76. The van der Waals surface area contributed by atoms with Crippen molar-refractivity contribution >= 4 is 55.8 Å². The molecule has 0 saturated carbocycles. The van der Waals surface area contributed by atoms with Crippen LogP contribution < -0.4 is 10.2 Å². The van der Waals surface area contributed by atoms with Crippen LogP contribution >= 0.6 is 55.8 Å². The van der Waals surface area contributed by atoms with E-state index in [0.717, 1.165) is 0 Å². The maximum absolute atomic E-state index is 9.53. The van der Waals surface area contributed by atoms with E-state index in [-0.39, 0.29) is 0 Å². The Morgan fingerprint density at radius 3 is 0.625 bits per heavy atom.